The number of aromatic nitrogens is 2. The summed E-state index contributed by atoms with van der Waals surface area (Å²) in [6, 6.07) is 14.5. The molecule has 3 aromatic rings. The number of carbonyl (C=O) groups excluding carboxylic acids is 1. The maximum absolute atomic E-state index is 13.3. The van der Waals surface area contributed by atoms with Gasteiger partial charge in [-0.15, -0.1) is 0 Å². The second kappa shape index (κ2) is 10.4. The van der Waals surface area contributed by atoms with Crippen LogP contribution in [0.1, 0.15) is 36.7 Å². The van der Waals surface area contributed by atoms with E-state index in [1.165, 1.54) is 16.6 Å². The van der Waals surface area contributed by atoms with Gasteiger partial charge >= 0.3 is 6.03 Å². The summed E-state index contributed by atoms with van der Waals surface area (Å²) in [6.07, 6.45) is 3.24. The van der Waals surface area contributed by atoms with E-state index in [2.05, 4.69) is 64.1 Å². The Labute approximate surface area is 218 Å². The van der Waals surface area contributed by atoms with E-state index >= 15 is 0 Å². The molecule has 8 heteroatoms. The second-order valence-electron chi connectivity index (χ2n) is 10.7. The SMILES string of the molecule is Cc1cc(C(=N)C2=C(N)CCN(C(=O)NC3CC(C)CN(Cc4cc5ccccc5n4C)C3)C2)ccn1. The molecule has 2 aliphatic rings. The molecule has 8 nitrogen and oxygen atoms in total. The Morgan fingerprint density at radius 2 is 2.03 bits per heavy atom. The van der Waals surface area contributed by atoms with Gasteiger partial charge < -0.3 is 20.5 Å². The van der Waals surface area contributed by atoms with Crippen molar-refractivity contribution in [1.82, 2.24) is 24.7 Å². The van der Waals surface area contributed by atoms with Crippen molar-refractivity contribution in [2.75, 3.05) is 26.2 Å². The monoisotopic (exact) mass is 499 g/mol. The molecular formula is C29H37N7O. The number of fused-ring (bicyclic) bond motifs is 1. The Hall–Kier alpha value is -3.65. The molecule has 4 N–H and O–H groups in total. The maximum atomic E-state index is 13.3. The van der Waals surface area contributed by atoms with Crippen molar-refractivity contribution in [2.24, 2.45) is 18.7 Å². The Bertz CT molecular complexity index is 1360. The summed E-state index contributed by atoms with van der Waals surface area (Å²) in [4.78, 5) is 21.8. The van der Waals surface area contributed by atoms with Crippen LogP contribution in [0, 0.1) is 18.3 Å². The number of likely N-dealkylation sites (tertiary alicyclic amines) is 1. The number of nitrogens with zero attached hydrogens (tertiary/aromatic N) is 4. The van der Waals surface area contributed by atoms with E-state index < -0.39 is 0 Å². The first-order valence-corrected chi connectivity index (χ1v) is 13.1. The van der Waals surface area contributed by atoms with Gasteiger partial charge in [-0.05, 0) is 48.9 Å². The summed E-state index contributed by atoms with van der Waals surface area (Å²) in [5, 5.41) is 13.3. The average molecular weight is 500 g/mol. The number of hydrogen-bond donors (Lipinski definition) is 3. The molecule has 194 valence electrons. The highest BCUT2D eigenvalue weighted by Gasteiger charge is 2.30. The number of aryl methyl sites for hydroxylation is 2. The van der Waals surface area contributed by atoms with Gasteiger partial charge in [0.1, 0.15) is 0 Å². The standard InChI is InChI=1S/C29H37N7O/c1-19-12-23(16-35(15-19)17-24-14-21-6-4-5-7-27(21)34(24)3)33-29(37)36-11-9-26(30)25(18-36)28(31)22-8-10-32-20(2)13-22/h4-8,10,13-14,19,23,31H,9,11-12,15-18,30H2,1-3H3,(H,33,37). The number of piperidine rings is 1. The highest BCUT2D eigenvalue weighted by atomic mass is 16.2. The van der Waals surface area contributed by atoms with Gasteiger partial charge in [0.15, 0.2) is 0 Å². The Kier molecular flexibility index (Phi) is 7.02. The molecule has 1 fully saturated rings. The second-order valence-corrected chi connectivity index (χ2v) is 10.7. The zero-order valence-corrected chi connectivity index (χ0v) is 22.0. The molecule has 1 aromatic carbocycles. The Morgan fingerprint density at radius 1 is 1.22 bits per heavy atom. The summed E-state index contributed by atoms with van der Waals surface area (Å²) in [7, 11) is 2.13. The third kappa shape index (κ3) is 5.39. The highest BCUT2D eigenvalue weighted by molar-refractivity contribution is 6.11. The van der Waals surface area contributed by atoms with Crippen LogP contribution < -0.4 is 11.1 Å². The average Bonchev–Trinajstić information content (AvgIpc) is 3.18. The lowest BCUT2D eigenvalue weighted by Gasteiger charge is -2.38. The van der Waals surface area contributed by atoms with Crippen LogP contribution in [-0.2, 0) is 13.6 Å². The molecule has 2 amide bonds. The molecule has 2 atom stereocenters. The molecule has 1 saturated heterocycles. The van der Waals surface area contributed by atoms with E-state index in [4.69, 9.17) is 11.1 Å². The van der Waals surface area contributed by atoms with Crippen LogP contribution in [0.15, 0.2) is 59.9 Å². The first kappa shape index (κ1) is 25.0. The number of nitrogens with one attached hydrogen (secondary N) is 2. The third-order valence-corrected chi connectivity index (χ3v) is 7.66. The molecule has 0 radical (unpaired) electrons. The number of carbonyl (C=O) groups is 1. The van der Waals surface area contributed by atoms with Crippen molar-refractivity contribution in [2.45, 2.75) is 39.3 Å². The van der Waals surface area contributed by atoms with Gasteiger partial charge in [-0.1, -0.05) is 25.1 Å². The van der Waals surface area contributed by atoms with Crippen LogP contribution >= 0.6 is 0 Å². The highest BCUT2D eigenvalue weighted by Crippen LogP contribution is 2.24. The van der Waals surface area contributed by atoms with Crippen LogP contribution in [0.4, 0.5) is 4.79 Å². The van der Waals surface area contributed by atoms with Gasteiger partial charge in [-0.3, -0.25) is 15.3 Å². The summed E-state index contributed by atoms with van der Waals surface area (Å²) in [6.45, 7) is 7.77. The number of hydrogen-bond acceptors (Lipinski definition) is 5. The van der Waals surface area contributed by atoms with Crippen LogP contribution in [0.2, 0.25) is 0 Å². The number of pyridine rings is 1. The Balaban J connectivity index is 1.23. The summed E-state index contributed by atoms with van der Waals surface area (Å²) in [5.74, 6) is 0.490. The van der Waals surface area contributed by atoms with Gasteiger partial charge in [-0.2, -0.15) is 0 Å². The fourth-order valence-corrected chi connectivity index (χ4v) is 5.75. The minimum Gasteiger partial charge on any atom is -0.402 e. The molecule has 2 unspecified atom stereocenters. The van der Waals surface area contributed by atoms with Crippen molar-refractivity contribution in [3.05, 3.63) is 76.9 Å². The van der Waals surface area contributed by atoms with E-state index in [0.717, 1.165) is 42.9 Å². The predicted octanol–water partition coefficient (Wildman–Crippen LogP) is 3.79. The van der Waals surface area contributed by atoms with Gasteiger partial charge in [0.2, 0.25) is 0 Å². The van der Waals surface area contributed by atoms with E-state index in [1.807, 2.05) is 19.1 Å². The quantitative estimate of drug-likeness (QED) is 0.465. The Morgan fingerprint density at radius 3 is 2.81 bits per heavy atom. The molecule has 4 heterocycles. The van der Waals surface area contributed by atoms with E-state index in [9.17, 15) is 4.79 Å². The molecule has 0 spiro atoms. The number of rotatable bonds is 5. The van der Waals surface area contributed by atoms with Crippen LogP contribution in [0.3, 0.4) is 0 Å². The van der Waals surface area contributed by atoms with Crippen LogP contribution in [-0.4, -0.2) is 63.3 Å². The first-order valence-electron chi connectivity index (χ1n) is 13.1. The number of amides is 2. The predicted molar refractivity (Wildman–Crippen MR) is 148 cm³/mol. The van der Waals surface area contributed by atoms with Crippen molar-refractivity contribution >= 4 is 22.6 Å². The fraction of sp³-hybridized carbons (Fsp3) is 0.414. The minimum atomic E-state index is -0.0765. The number of urea groups is 1. The summed E-state index contributed by atoms with van der Waals surface area (Å²) < 4.78 is 2.27. The minimum absolute atomic E-state index is 0.0765. The van der Waals surface area contributed by atoms with Gasteiger partial charge in [0.05, 0.1) is 12.3 Å². The van der Waals surface area contributed by atoms with Crippen LogP contribution in [0.5, 0.6) is 0 Å². The maximum Gasteiger partial charge on any atom is 0.317 e. The zero-order chi connectivity index (χ0) is 26.1. The van der Waals surface area contributed by atoms with Crippen molar-refractivity contribution < 1.29 is 4.79 Å². The normalized spacial score (nSPS) is 20.9. The van der Waals surface area contributed by atoms with Crippen LogP contribution in [0.25, 0.3) is 10.9 Å². The van der Waals surface area contributed by atoms with E-state index in [0.29, 0.717) is 36.8 Å². The van der Waals surface area contributed by atoms with Gasteiger partial charge in [0.25, 0.3) is 0 Å². The lowest BCUT2D eigenvalue weighted by Crippen LogP contribution is -2.54. The van der Waals surface area contributed by atoms with Crippen molar-refractivity contribution in [1.29, 1.82) is 5.41 Å². The molecular weight excluding hydrogens is 462 g/mol. The third-order valence-electron chi connectivity index (χ3n) is 7.66. The summed E-state index contributed by atoms with van der Waals surface area (Å²) in [5.41, 5.74) is 12.2. The largest absolute Gasteiger partial charge is 0.402 e. The van der Waals surface area contributed by atoms with Crippen molar-refractivity contribution in [3.63, 3.8) is 0 Å². The molecule has 0 bridgehead atoms. The van der Waals surface area contributed by atoms with Gasteiger partial charge in [0, 0.05) is 85.6 Å². The summed E-state index contributed by atoms with van der Waals surface area (Å²) >= 11 is 0. The molecule has 37 heavy (non-hydrogen) atoms. The van der Waals surface area contributed by atoms with Gasteiger partial charge in [-0.25, -0.2) is 4.79 Å². The topological polar surface area (TPSA) is 103 Å². The molecule has 2 aromatic heterocycles. The lowest BCUT2D eigenvalue weighted by atomic mass is 9.95. The number of nitrogens with two attached hydrogens (primary N) is 1. The zero-order valence-electron chi connectivity index (χ0n) is 22.0. The molecule has 0 saturated carbocycles. The number of para-hydroxylation sites is 1. The smallest absolute Gasteiger partial charge is 0.317 e. The lowest BCUT2D eigenvalue weighted by molar-refractivity contribution is 0.134. The number of benzene rings is 1. The molecule has 0 aliphatic carbocycles. The molecule has 2 aliphatic heterocycles. The fourth-order valence-electron chi connectivity index (χ4n) is 5.75. The first-order chi connectivity index (χ1) is 17.8. The van der Waals surface area contributed by atoms with E-state index in [1.54, 1.807) is 11.1 Å². The van der Waals surface area contributed by atoms with Crippen molar-refractivity contribution in [3.8, 4) is 0 Å². The molecule has 5 rings (SSSR count). The van der Waals surface area contributed by atoms with E-state index in [-0.39, 0.29) is 12.1 Å².